The molecule has 0 spiro atoms. The second kappa shape index (κ2) is 11.9. The number of benzene rings is 8. The fourth-order valence-corrected chi connectivity index (χ4v) is 10.6. The zero-order valence-electron chi connectivity index (χ0n) is 28.6. The number of nitrogens with two attached hydrogens (primary N) is 1. The normalized spacial score (nSPS) is 12.4. The van der Waals surface area contributed by atoms with Crippen molar-refractivity contribution in [3.63, 3.8) is 0 Å². The van der Waals surface area contributed by atoms with Gasteiger partial charge in [-0.3, -0.25) is 0 Å². The van der Waals surface area contributed by atoms with Gasteiger partial charge in [-0.15, -0.1) is 22.7 Å². The predicted molar refractivity (Wildman–Crippen MR) is 230 cm³/mol. The summed E-state index contributed by atoms with van der Waals surface area (Å²) in [6, 6.07) is 59.0. The largest absolute Gasteiger partial charge is 0.383 e. The summed E-state index contributed by atoms with van der Waals surface area (Å²) < 4.78 is 6.25. The first-order valence-electron chi connectivity index (χ1n) is 17.9. The van der Waals surface area contributed by atoms with Gasteiger partial charge in [-0.05, 0) is 69.6 Å². The van der Waals surface area contributed by atoms with Crippen LogP contribution in [0.5, 0.6) is 0 Å². The van der Waals surface area contributed by atoms with Gasteiger partial charge < -0.3 is 10.3 Å². The quantitative estimate of drug-likeness (QED) is 0.108. The molecule has 0 saturated heterocycles. The Morgan fingerprint density at radius 3 is 2.08 bits per heavy atom. The van der Waals surface area contributed by atoms with Gasteiger partial charge in [0.05, 0.1) is 16.7 Å². The van der Waals surface area contributed by atoms with Gasteiger partial charge in [0.2, 0.25) is 0 Å². The first-order chi connectivity index (χ1) is 26.2. The van der Waals surface area contributed by atoms with E-state index in [1.165, 1.54) is 73.1 Å². The number of nitrogens with zero attached hydrogens (tertiary/aromatic N) is 2. The maximum Gasteiger partial charge on any atom is 0.131 e. The van der Waals surface area contributed by atoms with Gasteiger partial charge >= 0.3 is 0 Å². The predicted octanol–water partition coefficient (Wildman–Crippen LogP) is 13.3. The Morgan fingerprint density at radius 2 is 1.21 bits per heavy atom. The van der Waals surface area contributed by atoms with E-state index in [4.69, 9.17) is 10.7 Å². The molecule has 3 heterocycles. The Balaban J connectivity index is 1.10. The Kier molecular flexibility index (Phi) is 6.81. The highest BCUT2D eigenvalue weighted by molar-refractivity contribution is 7.26. The molecule has 0 bridgehead atoms. The molecule has 8 aromatic carbocycles. The molecule has 0 atom stereocenters. The lowest BCUT2D eigenvalue weighted by atomic mass is 9.95. The van der Waals surface area contributed by atoms with Gasteiger partial charge in [0, 0.05) is 63.6 Å². The van der Waals surface area contributed by atoms with Gasteiger partial charge in [0.15, 0.2) is 0 Å². The van der Waals surface area contributed by atoms with Crippen LogP contribution in [0.25, 0.3) is 79.3 Å². The van der Waals surface area contributed by atoms with E-state index in [9.17, 15) is 0 Å². The maximum atomic E-state index is 6.94. The minimum Gasteiger partial charge on any atom is -0.383 e. The number of hydrogen-bond acceptors (Lipinski definition) is 3. The van der Waals surface area contributed by atoms with Gasteiger partial charge in [0.1, 0.15) is 5.84 Å². The molecule has 0 aliphatic carbocycles. The minimum atomic E-state index is 0.509. The van der Waals surface area contributed by atoms with Crippen LogP contribution < -0.4 is 5.73 Å². The molecule has 0 fully saturated rings. The molecule has 5 heteroatoms. The average molecular weight is 714 g/mol. The molecule has 0 amide bonds. The van der Waals surface area contributed by atoms with Crippen LogP contribution in [0.2, 0.25) is 0 Å². The fourth-order valence-electron chi connectivity index (χ4n) is 8.29. The van der Waals surface area contributed by atoms with Crippen molar-refractivity contribution < 1.29 is 0 Å². The molecule has 2 N–H and O–H groups in total. The number of fused-ring (bicyclic) bond motifs is 12. The molecule has 11 aromatic rings. The summed E-state index contributed by atoms with van der Waals surface area (Å²) in [7, 11) is 0. The monoisotopic (exact) mass is 713 g/mol. The highest BCUT2D eigenvalue weighted by Crippen LogP contribution is 2.44. The number of rotatable bonds is 5. The lowest BCUT2D eigenvalue weighted by Gasteiger charge is -2.11. The average Bonchev–Trinajstić information content (AvgIpc) is 3.87. The van der Waals surface area contributed by atoms with Crippen molar-refractivity contribution in [2.45, 2.75) is 6.42 Å². The molecule has 0 radical (unpaired) electrons. The molecule has 53 heavy (non-hydrogen) atoms. The van der Waals surface area contributed by atoms with E-state index in [1.807, 2.05) is 11.3 Å². The molecule has 3 nitrogen and oxygen atoms in total. The molecule has 11 rings (SSSR count). The summed E-state index contributed by atoms with van der Waals surface area (Å²) >= 11 is 3.67. The number of para-hydroxylation sites is 1. The zero-order valence-corrected chi connectivity index (χ0v) is 30.2. The summed E-state index contributed by atoms with van der Waals surface area (Å²) in [6.45, 7) is 0. The topological polar surface area (TPSA) is 43.3 Å². The van der Waals surface area contributed by atoms with Crippen LogP contribution in [0.1, 0.15) is 16.0 Å². The third-order valence-electron chi connectivity index (χ3n) is 10.6. The van der Waals surface area contributed by atoms with Crippen LogP contribution in [0.3, 0.4) is 0 Å². The van der Waals surface area contributed by atoms with Gasteiger partial charge in [-0.2, -0.15) is 0 Å². The smallest absolute Gasteiger partial charge is 0.131 e. The number of aromatic nitrogens is 1. The van der Waals surface area contributed by atoms with Crippen molar-refractivity contribution in [1.82, 2.24) is 4.57 Å². The van der Waals surface area contributed by atoms with Crippen LogP contribution in [0.4, 0.5) is 5.69 Å². The Labute approximate surface area is 313 Å². The molecule has 0 aliphatic heterocycles. The van der Waals surface area contributed by atoms with Crippen molar-refractivity contribution in [2.75, 3.05) is 0 Å². The molecule has 0 aliphatic rings. The van der Waals surface area contributed by atoms with Gasteiger partial charge in [0.25, 0.3) is 0 Å². The zero-order chi connectivity index (χ0) is 35.0. The van der Waals surface area contributed by atoms with Crippen molar-refractivity contribution in [3.05, 3.63) is 180 Å². The van der Waals surface area contributed by atoms with Crippen LogP contribution in [-0.4, -0.2) is 10.4 Å². The van der Waals surface area contributed by atoms with E-state index >= 15 is 0 Å². The highest BCUT2D eigenvalue weighted by Gasteiger charge is 2.19. The number of thiophene rings is 2. The van der Waals surface area contributed by atoms with E-state index in [1.54, 1.807) is 11.3 Å². The summed E-state index contributed by atoms with van der Waals surface area (Å²) in [5.74, 6) is 0.509. The van der Waals surface area contributed by atoms with Gasteiger partial charge in [-0.1, -0.05) is 121 Å². The first kappa shape index (κ1) is 30.4. The number of amidine groups is 1. The summed E-state index contributed by atoms with van der Waals surface area (Å²) in [6.07, 6.45) is 0.811. The molecular weight excluding hydrogens is 683 g/mol. The molecule has 0 unspecified atom stereocenters. The van der Waals surface area contributed by atoms with Crippen molar-refractivity contribution in [1.29, 1.82) is 0 Å². The van der Waals surface area contributed by atoms with Crippen molar-refractivity contribution in [3.8, 4) is 5.69 Å². The SMILES string of the molecule is NC(=Nc1c(Cc2ccccc2)sc2ccccc12)c1cccc(-n2c3ccccc3c3c4ccc5ccc6sc7ccccc7c6c5c4ccc32)c1. The lowest BCUT2D eigenvalue weighted by Crippen LogP contribution is -2.13. The standard InChI is InChI=1S/C48H31N3S2/c49-48(50-47-37-17-6-9-20-41(37)53-43(47)27-29-11-2-1-3-12-29)31-13-10-14-32(28-31)51-38-18-7-4-15-35(38)45-34-23-21-30-22-26-42-46(36-16-5-8-19-40(36)52-42)44(30)33(34)24-25-39(45)51/h1-26,28H,27H2,(H2,49,50). The summed E-state index contributed by atoms with van der Waals surface area (Å²) in [5.41, 5.74) is 13.4. The minimum absolute atomic E-state index is 0.509. The highest BCUT2D eigenvalue weighted by atomic mass is 32.1. The molecule has 250 valence electrons. The van der Waals surface area contributed by atoms with E-state index in [2.05, 4.69) is 168 Å². The summed E-state index contributed by atoms with van der Waals surface area (Å²) in [5, 5.41) is 11.5. The van der Waals surface area contributed by atoms with Crippen LogP contribution >= 0.6 is 22.7 Å². The Morgan fingerprint density at radius 1 is 0.509 bits per heavy atom. The fraction of sp³-hybridized carbons (Fsp3) is 0.0208. The Hall–Kier alpha value is -6.27. The van der Waals surface area contributed by atoms with E-state index in [0.717, 1.165) is 34.3 Å². The van der Waals surface area contributed by atoms with Gasteiger partial charge in [-0.25, -0.2) is 4.99 Å². The summed E-state index contributed by atoms with van der Waals surface area (Å²) in [4.78, 5) is 6.38. The van der Waals surface area contributed by atoms with E-state index in [0.29, 0.717) is 5.84 Å². The first-order valence-corrected chi connectivity index (χ1v) is 19.5. The third-order valence-corrected chi connectivity index (χ3v) is 12.9. The van der Waals surface area contributed by atoms with Crippen molar-refractivity contribution in [2.24, 2.45) is 10.7 Å². The second-order valence-electron chi connectivity index (χ2n) is 13.7. The Bertz CT molecular complexity index is 3270. The molecule has 3 aromatic heterocycles. The van der Waals surface area contributed by atoms with Crippen LogP contribution in [0, 0.1) is 0 Å². The maximum absolute atomic E-state index is 6.94. The second-order valence-corrected chi connectivity index (χ2v) is 15.9. The third kappa shape index (κ3) is 4.75. The van der Waals surface area contributed by atoms with E-state index < -0.39 is 0 Å². The number of aliphatic imine (C=N–C) groups is 1. The number of hydrogen-bond donors (Lipinski definition) is 1. The van der Waals surface area contributed by atoms with Crippen LogP contribution in [0.15, 0.2) is 169 Å². The molecule has 0 saturated carbocycles. The molecular formula is C48H31N3S2. The van der Waals surface area contributed by atoms with E-state index in [-0.39, 0.29) is 0 Å². The lowest BCUT2D eigenvalue weighted by molar-refractivity contribution is 1.18. The van der Waals surface area contributed by atoms with Crippen molar-refractivity contribution >= 4 is 108 Å². The van der Waals surface area contributed by atoms with Crippen LogP contribution in [-0.2, 0) is 6.42 Å².